The van der Waals surface area contributed by atoms with Gasteiger partial charge >= 0.3 is 6.03 Å². The molecule has 1 fully saturated rings. The van der Waals surface area contributed by atoms with Crippen LogP contribution in [0.5, 0.6) is 0 Å². The molecule has 0 bridgehead atoms. The molecule has 1 aliphatic heterocycles. The summed E-state index contributed by atoms with van der Waals surface area (Å²) in [7, 11) is 0. The molecule has 1 heterocycles. The number of benzene rings is 2. The number of nitrogens with zero attached hydrogens (tertiary/aromatic N) is 1. The molecule has 0 spiro atoms. The number of hydrogen-bond acceptors (Lipinski definition) is 3. The van der Waals surface area contributed by atoms with E-state index in [2.05, 4.69) is 15.5 Å². The summed E-state index contributed by atoms with van der Waals surface area (Å²) < 4.78 is 5.34. The minimum atomic E-state index is -0.395. The van der Waals surface area contributed by atoms with Crippen molar-refractivity contribution < 1.29 is 9.53 Å². The van der Waals surface area contributed by atoms with E-state index in [0.717, 1.165) is 18.8 Å². The molecule has 2 aromatic rings. The Balaban J connectivity index is 1.64. The quantitative estimate of drug-likeness (QED) is 0.751. The van der Waals surface area contributed by atoms with Crippen LogP contribution in [0.25, 0.3) is 0 Å². The Morgan fingerprint density at radius 2 is 1.48 bits per heavy atom. The normalized spacial score (nSPS) is 14.3. The zero-order valence-corrected chi connectivity index (χ0v) is 15.5. The maximum atomic E-state index is 12.1. The number of nitrogens with one attached hydrogen (secondary N) is 2. The Hall–Kier alpha value is -1.66. The zero-order valence-electron chi connectivity index (χ0n) is 13.2. The highest BCUT2D eigenvalue weighted by Gasteiger charge is 2.15. The van der Waals surface area contributed by atoms with Gasteiger partial charge in [-0.05, 0) is 36.4 Å². The van der Waals surface area contributed by atoms with Gasteiger partial charge in [-0.1, -0.05) is 34.8 Å². The van der Waals surface area contributed by atoms with E-state index in [4.69, 9.17) is 39.5 Å². The van der Waals surface area contributed by atoms with E-state index in [1.165, 1.54) is 0 Å². The van der Waals surface area contributed by atoms with Crippen molar-refractivity contribution in [3.05, 3.63) is 51.5 Å². The van der Waals surface area contributed by atoms with Gasteiger partial charge in [-0.3, -0.25) is 0 Å². The van der Waals surface area contributed by atoms with Crippen molar-refractivity contribution in [2.75, 3.05) is 41.8 Å². The molecule has 0 unspecified atom stereocenters. The molecule has 0 atom stereocenters. The van der Waals surface area contributed by atoms with Crippen LogP contribution in [0.2, 0.25) is 15.1 Å². The van der Waals surface area contributed by atoms with Crippen molar-refractivity contribution >= 4 is 57.9 Å². The molecule has 0 radical (unpaired) electrons. The first kappa shape index (κ1) is 18.1. The molecule has 0 aliphatic carbocycles. The number of amides is 2. The standard InChI is InChI=1S/C17H16Cl3N3O2/c18-13-3-1-11(9-14(13)19)21-17(24)22-12-2-4-16(15(20)10-12)23-5-7-25-8-6-23/h1-4,9-10H,5-8H2,(H2,21,22,24). The lowest BCUT2D eigenvalue weighted by Crippen LogP contribution is -2.36. The van der Waals surface area contributed by atoms with Crippen molar-refractivity contribution in [1.82, 2.24) is 0 Å². The Morgan fingerprint density at radius 1 is 0.880 bits per heavy atom. The first-order valence-corrected chi connectivity index (χ1v) is 8.81. The van der Waals surface area contributed by atoms with E-state index in [9.17, 15) is 4.79 Å². The molecule has 5 nitrogen and oxygen atoms in total. The summed E-state index contributed by atoms with van der Waals surface area (Å²) in [5.41, 5.74) is 2.07. The predicted molar refractivity (Wildman–Crippen MR) is 104 cm³/mol. The van der Waals surface area contributed by atoms with Crippen LogP contribution in [0.15, 0.2) is 36.4 Å². The van der Waals surface area contributed by atoms with E-state index in [1.54, 1.807) is 24.3 Å². The van der Waals surface area contributed by atoms with Gasteiger partial charge in [0, 0.05) is 24.5 Å². The van der Waals surface area contributed by atoms with Gasteiger partial charge in [-0.15, -0.1) is 0 Å². The van der Waals surface area contributed by atoms with Crippen LogP contribution in [0.1, 0.15) is 0 Å². The first-order valence-electron chi connectivity index (χ1n) is 7.68. The average Bonchev–Trinajstić information content (AvgIpc) is 2.59. The molecule has 8 heteroatoms. The summed E-state index contributed by atoms with van der Waals surface area (Å²) >= 11 is 18.1. The van der Waals surface area contributed by atoms with Crippen LogP contribution in [0.4, 0.5) is 21.9 Å². The summed E-state index contributed by atoms with van der Waals surface area (Å²) in [6.07, 6.45) is 0. The molecule has 0 saturated carbocycles. The summed E-state index contributed by atoms with van der Waals surface area (Å²) in [6.45, 7) is 2.96. The molecule has 2 N–H and O–H groups in total. The van der Waals surface area contributed by atoms with Gasteiger partial charge in [0.2, 0.25) is 0 Å². The molecule has 1 saturated heterocycles. The number of urea groups is 1. The number of carbonyl (C=O) groups excluding carboxylic acids is 1. The van der Waals surface area contributed by atoms with Crippen molar-refractivity contribution in [3.63, 3.8) is 0 Å². The second kappa shape index (κ2) is 8.15. The Kier molecular flexibility index (Phi) is 5.91. The van der Waals surface area contributed by atoms with Gasteiger partial charge in [-0.25, -0.2) is 4.79 Å². The van der Waals surface area contributed by atoms with Crippen LogP contribution in [0, 0.1) is 0 Å². The number of morpholine rings is 1. The van der Waals surface area contributed by atoms with Crippen molar-refractivity contribution in [1.29, 1.82) is 0 Å². The van der Waals surface area contributed by atoms with E-state index >= 15 is 0 Å². The molecule has 2 amide bonds. The lowest BCUT2D eigenvalue weighted by molar-refractivity contribution is 0.122. The predicted octanol–water partition coefficient (Wildman–Crippen LogP) is 5.13. The fourth-order valence-corrected chi connectivity index (χ4v) is 3.11. The summed E-state index contributed by atoms with van der Waals surface area (Å²) in [6, 6.07) is 9.90. The van der Waals surface area contributed by atoms with E-state index in [-0.39, 0.29) is 0 Å². The van der Waals surface area contributed by atoms with E-state index < -0.39 is 6.03 Å². The number of ether oxygens (including phenoxy) is 1. The maximum Gasteiger partial charge on any atom is 0.323 e. The number of rotatable bonds is 3. The van der Waals surface area contributed by atoms with Crippen LogP contribution in [-0.2, 0) is 4.74 Å². The summed E-state index contributed by atoms with van der Waals surface area (Å²) in [5.74, 6) is 0. The van der Waals surface area contributed by atoms with Crippen molar-refractivity contribution in [2.45, 2.75) is 0 Å². The highest BCUT2D eigenvalue weighted by atomic mass is 35.5. The molecule has 132 valence electrons. The minimum absolute atomic E-state index is 0.373. The fourth-order valence-electron chi connectivity index (χ4n) is 2.51. The van der Waals surface area contributed by atoms with Crippen LogP contribution in [-0.4, -0.2) is 32.3 Å². The second-order valence-electron chi connectivity index (χ2n) is 5.47. The largest absolute Gasteiger partial charge is 0.378 e. The van der Waals surface area contributed by atoms with Gasteiger partial charge in [0.15, 0.2) is 0 Å². The number of carbonyl (C=O) groups is 1. The van der Waals surface area contributed by atoms with Crippen molar-refractivity contribution in [3.8, 4) is 0 Å². The lowest BCUT2D eigenvalue weighted by atomic mass is 10.2. The Bertz CT molecular complexity index is 780. The maximum absolute atomic E-state index is 12.1. The summed E-state index contributed by atoms with van der Waals surface area (Å²) in [5, 5.41) is 6.81. The fraction of sp³-hybridized carbons (Fsp3) is 0.235. The number of anilines is 3. The number of halogens is 3. The van der Waals surface area contributed by atoms with Gasteiger partial charge in [-0.2, -0.15) is 0 Å². The van der Waals surface area contributed by atoms with E-state index in [0.29, 0.717) is 39.7 Å². The molecule has 25 heavy (non-hydrogen) atoms. The first-order chi connectivity index (χ1) is 12.0. The Labute approximate surface area is 160 Å². The minimum Gasteiger partial charge on any atom is -0.378 e. The SMILES string of the molecule is O=C(Nc1ccc(Cl)c(Cl)c1)Nc1ccc(N2CCOCC2)c(Cl)c1. The molecular weight excluding hydrogens is 385 g/mol. The van der Waals surface area contributed by atoms with Crippen LogP contribution < -0.4 is 15.5 Å². The van der Waals surface area contributed by atoms with Crippen LogP contribution >= 0.6 is 34.8 Å². The summed E-state index contributed by atoms with van der Waals surface area (Å²) in [4.78, 5) is 14.3. The lowest BCUT2D eigenvalue weighted by Gasteiger charge is -2.29. The van der Waals surface area contributed by atoms with Crippen molar-refractivity contribution in [2.24, 2.45) is 0 Å². The highest BCUT2D eigenvalue weighted by Crippen LogP contribution is 2.30. The third-order valence-electron chi connectivity index (χ3n) is 3.73. The topological polar surface area (TPSA) is 53.6 Å². The molecule has 3 rings (SSSR count). The smallest absolute Gasteiger partial charge is 0.323 e. The van der Waals surface area contributed by atoms with E-state index in [1.807, 2.05) is 12.1 Å². The molecule has 1 aliphatic rings. The average molecular weight is 401 g/mol. The monoisotopic (exact) mass is 399 g/mol. The third-order valence-corrected chi connectivity index (χ3v) is 4.78. The second-order valence-corrected chi connectivity index (χ2v) is 6.70. The number of hydrogen-bond donors (Lipinski definition) is 2. The molecule has 2 aromatic carbocycles. The van der Waals surface area contributed by atoms with Gasteiger partial charge in [0.05, 0.1) is 34.0 Å². The molecular formula is C17H16Cl3N3O2. The Morgan fingerprint density at radius 3 is 2.08 bits per heavy atom. The van der Waals surface area contributed by atoms with Crippen LogP contribution in [0.3, 0.4) is 0 Å². The molecule has 0 aromatic heterocycles. The third kappa shape index (κ3) is 4.70. The van der Waals surface area contributed by atoms with Gasteiger partial charge in [0.1, 0.15) is 0 Å². The highest BCUT2D eigenvalue weighted by molar-refractivity contribution is 6.42. The van der Waals surface area contributed by atoms with Gasteiger partial charge < -0.3 is 20.3 Å². The zero-order chi connectivity index (χ0) is 17.8. The van der Waals surface area contributed by atoms with Gasteiger partial charge in [0.25, 0.3) is 0 Å².